The van der Waals surface area contributed by atoms with Crippen LogP contribution in [0.25, 0.3) is 11.0 Å². The quantitative estimate of drug-likeness (QED) is 0.664. The number of hydrogen-bond donors (Lipinski definition) is 1. The van der Waals surface area contributed by atoms with Crippen LogP contribution in [0.15, 0.2) is 51.9 Å². The third-order valence-corrected chi connectivity index (χ3v) is 2.49. The van der Waals surface area contributed by atoms with Crippen molar-refractivity contribution in [3.63, 3.8) is 0 Å². The molecule has 0 bridgehead atoms. The Balaban J connectivity index is 2.19. The van der Waals surface area contributed by atoms with Crippen LogP contribution in [0.2, 0.25) is 0 Å². The van der Waals surface area contributed by atoms with Crippen LogP contribution in [0.3, 0.4) is 0 Å². The second-order valence-corrected chi connectivity index (χ2v) is 4.06. The molecule has 0 saturated carbocycles. The van der Waals surface area contributed by atoms with E-state index in [2.05, 4.69) is 0 Å². The molecule has 1 heterocycles. The molecule has 0 saturated heterocycles. The fraction of sp³-hybridized carbons (Fsp3) is 0.214. The van der Waals surface area contributed by atoms with E-state index in [-0.39, 0.29) is 18.2 Å². The van der Waals surface area contributed by atoms with Crippen molar-refractivity contribution in [1.29, 1.82) is 0 Å². The molecule has 1 atom stereocenters. The fourth-order valence-corrected chi connectivity index (χ4v) is 1.43. The molecular formula is C14H14O4. The van der Waals surface area contributed by atoms with Gasteiger partial charge >= 0.3 is 5.63 Å². The summed E-state index contributed by atoms with van der Waals surface area (Å²) in [5, 5.41) is 9.69. The number of aliphatic hydroxyl groups excluding tert-OH is 1. The number of ether oxygens (including phenoxy) is 1. The molecule has 1 N–H and O–H groups in total. The molecular weight excluding hydrogens is 232 g/mol. The van der Waals surface area contributed by atoms with Crippen molar-refractivity contribution in [2.45, 2.75) is 6.92 Å². The van der Waals surface area contributed by atoms with Gasteiger partial charge in [-0.15, -0.1) is 0 Å². The molecule has 0 aliphatic carbocycles. The number of fused-ring (bicyclic) bond motifs is 1. The Morgan fingerprint density at radius 3 is 2.94 bits per heavy atom. The average Bonchev–Trinajstić information content (AvgIpc) is 2.38. The first kappa shape index (κ1) is 12.4. The lowest BCUT2D eigenvalue weighted by Gasteiger charge is -2.03. The van der Waals surface area contributed by atoms with E-state index in [1.165, 1.54) is 12.3 Å². The Morgan fingerprint density at radius 2 is 2.17 bits per heavy atom. The van der Waals surface area contributed by atoms with Crippen molar-refractivity contribution >= 4 is 11.0 Å². The predicted octanol–water partition coefficient (Wildman–Crippen LogP) is 2.31. The number of aliphatic hydroxyl groups is 1. The SMILES string of the molecule is CC(C=COc1ccc2ccc(=O)oc2c1)CO. The monoisotopic (exact) mass is 246 g/mol. The highest BCUT2D eigenvalue weighted by Gasteiger charge is 1.99. The molecule has 2 rings (SSSR count). The molecule has 1 aromatic heterocycles. The largest absolute Gasteiger partial charge is 0.465 e. The summed E-state index contributed by atoms with van der Waals surface area (Å²) in [5.41, 5.74) is 0.104. The van der Waals surface area contributed by atoms with Crippen molar-refractivity contribution in [2.24, 2.45) is 5.92 Å². The normalized spacial score (nSPS) is 13.0. The van der Waals surface area contributed by atoms with Gasteiger partial charge in [0.25, 0.3) is 0 Å². The minimum Gasteiger partial charge on any atom is -0.465 e. The Bertz CT molecular complexity index is 612. The molecule has 0 spiro atoms. The van der Waals surface area contributed by atoms with Crippen molar-refractivity contribution in [3.05, 3.63) is 53.1 Å². The van der Waals surface area contributed by atoms with Crippen LogP contribution in [0, 0.1) is 5.92 Å². The standard InChI is InChI=1S/C14H14O4/c1-10(9-15)6-7-17-12-4-2-11-3-5-14(16)18-13(11)8-12/h2-8,10,15H,9H2,1H3. The highest BCUT2D eigenvalue weighted by atomic mass is 16.5. The molecule has 18 heavy (non-hydrogen) atoms. The first-order valence-electron chi connectivity index (χ1n) is 5.67. The minimum absolute atomic E-state index is 0.0448. The van der Waals surface area contributed by atoms with Gasteiger partial charge in [0.1, 0.15) is 11.3 Å². The van der Waals surface area contributed by atoms with E-state index in [0.717, 1.165) is 5.39 Å². The average molecular weight is 246 g/mol. The van der Waals surface area contributed by atoms with Gasteiger partial charge in [-0.05, 0) is 24.3 Å². The lowest BCUT2D eigenvalue weighted by molar-refractivity contribution is 0.260. The molecule has 1 unspecified atom stereocenters. The molecule has 0 fully saturated rings. The summed E-state index contributed by atoms with van der Waals surface area (Å²) in [5.74, 6) is 0.627. The zero-order chi connectivity index (χ0) is 13.0. The molecule has 0 aliphatic rings. The third-order valence-electron chi connectivity index (χ3n) is 2.49. The van der Waals surface area contributed by atoms with E-state index in [9.17, 15) is 4.79 Å². The number of hydrogen-bond acceptors (Lipinski definition) is 4. The molecule has 1 aromatic carbocycles. The lowest BCUT2D eigenvalue weighted by Crippen LogP contribution is -1.96. The summed E-state index contributed by atoms with van der Waals surface area (Å²) >= 11 is 0. The Hall–Kier alpha value is -2.07. The first-order valence-corrected chi connectivity index (χ1v) is 5.67. The third kappa shape index (κ3) is 2.99. The van der Waals surface area contributed by atoms with Crippen LogP contribution in [0.1, 0.15) is 6.92 Å². The van der Waals surface area contributed by atoms with Crippen molar-refractivity contribution in [2.75, 3.05) is 6.61 Å². The maximum Gasteiger partial charge on any atom is 0.336 e. The second kappa shape index (κ2) is 5.51. The molecule has 0 aliphatic heterocycles. The fourth-order valence-electron chi connectivity index (χ4n) is 1.43. The number of benzene rings is 1. The lowest BCUT2D eigenvalue weighted by atomic mass is 10.2. The van der Waals surface area contributed by atoms with Gasteiger partial charge in [0.05, 0.1) is 6.26 Å². The molecule has 4 heteroatoms. The van der Waals surface area contributed by atoms with Gasteiger partial charge in [0.2, 0.25) is 0 Å². The summed E-state index contributed by atoms with van der Waals surface area (Å²) < 4.78 is 10.4. The van der Waals surface area contributed by atoms with Gasteiger partial charge in [0, 0.05) is 30.0 Å². The highest BCUT2D eigenvalue weighted by Crippen LogP contribution is 2.19. The maximum absolute atomic E-state index is 11.1. The second-order valence-electron chi connectivity index (χ2n) is 4.06. The van der Waals surface area contributed by atoms with Crippen LogP contribution < -0.4 is 10.4 Å². The van der Waals surface area contributed by atoms with E-state index in [1.54, 1.807) is 24.3 Å². The van der Waals surface area contributed by atoms with Crippen molar-refractivity contribution in [1.82, 2.24) is 0 Å². The Kier molecular flexibility index (Phi) is 3.79. The van der Waals surface area contributed by atoms with E-state index < -0.39 is 0 Å². The van der Waals surface area contributed by atoms with Gasteiger partial charge in [-0.3, -0.25) is 0 Å². The maximum atomic E-state index is 11.1. The van der Waals surface area contributed by atoms with Gasteiger partial charge in [-0.2, -0.15) is 0 Å². The molecule has 0 amide bonds. The van der Waals surface area contributed by atoms with Crippen LogP contribution in [-0.2, 0) is 0 Å². The topological polar surface area (TPSA) is 59.7 Å². The van der Waals surface area contributed by atoms with E-state index in [0.29, 0.717) is 11.3 Å². The van der Waals surface area contributed by atoms with Gasteiger partial charge in [0.15, 0.2) is 0 Å². The van der Waals surface area contributed by atoms with Gasteiger partial charge < -0.3 is 14.3 Å². The van der Waals surface area contributed by atoms with Crippen LogP contribution in [0.4, 0.5) is 0 Å². The molecule has 0 radical (unpaired) electrons. The summed E-state index contributed by atoms with van der Waals surface area (Å²) in [6.45, 7) is 1.95. The zero-order valence-corrected chi connectivity index (χ0v) is 10.00. The van der Waals surface area contributed by atoms with Crippen LogP contribution in [0.5, 0.6) is 5.75 Å². The molecule has 4 nitrogen and oxygen atoms in total. The van der Waals surface area contributed by atoms with Crippen LogP contribution in [-0.4, -0.2) is 11.7 Å². The highest BCUT2D eigenvalue weighted by molar-refractivity contribution is 5.77. The van der Waals surface area contributed by atoms with Crippen molar-refractivity contribution in [3.8, 4) is 5.75 Å². The number of rotatable bonds is 4. The van der Waals surface area contributed by atoms with Gasteiger partial charge in [-0.25, -0.2) is 4.79 Å². The zero-order valence-electron chi connectivity index (χ0n) is 10.00. The summed E-state index contributed by atoms with van der Waals surface area (Å²) in [7, 11) is 0. The summed E-state index contributed by atoms with van der Waals surface area (Å²) in [4.78, 5) is 11.1. The first-order chi connectivity index (χ1) is 8.69. The molecule has 94 valence electrons. The summed E-state index contributed by atoms with van der Waals surface area (Å²) in [6, 6.07) is 8.35. The van der Waals surface area contributed by atoms with Gasteiger partial charge in [-0.1, -0.05) is 6.92 Å². The van der Waals surface area contributed by atoms with Crippen molar-refractivity contribution < 1.29 is 14.3 Å². The predicted molar refractivity (Wildman–Crippen MR) is 68.5 cm³/mol. The smallest absolute Gasteiger partial charge is 0.336 e. The van der Waals surface area contributed by atoms with Crippen LogP contribution >= 0.6 is 0 Å². The van der Waals surface area contributed by atoms with E-state index in [1.807, 2.05) is 13.0 Å². The summed E-state index contributed by atoms with van der Waals surface area (Å²) in [6.07, 6.45) is 3.27. The Morgan fingerprint density at radius 1 is 1.39 bits per heavy atom. The van der Waals surface area contributed by atoms with E-state index >= 15 is 0 Å². The minimum atomic E-state index is -0.385. The van der Waals surface area contributed by atoms with E-state index in [4.69, 9.17) is 14.3 Å². The Labute approximate surface area is 104 Å². The molecule has 2 aromatic rings.